The van der Waals surface area contributed by atoms with E-state index >= 15 is 0 Å². The maximum atomic E-state index is 12.9. The standard InChI is InChI=1S/C22H21NO4/c24-22(20-7-4-12-25-20)23(11-10-17-5-2-1-3-6-17)16-18-8-9-19-21(15-18)27-14-13-26-19/h1-9,12,15H,10-11,13-14,16H2. The normalized spacial score (nSPS) is 12.6. The van der Waals surface area contributed by atoms with Crippen LogP contribution in [0.5, 0.6) is 11.5 Å². The fourth-order valence-corrected chi connectivity index (χ4v) is 3.12. The Hall–Kier alpha value is -3.21. The predicted molar refractivity (Wildman–Crippen MR) is 101 cm³/mol. The summed E-state index contributed by atoms with van der Waals surface area (Å²) in [7, 11) is 0. The summed E-state index contributed by atoms with van der Waals surface area (Å²) < 4.78 is 16.6. The van der Waals surface area contributed by atoms with E-state index in [4.69, 9.17) is 13.9 Å². The summed E-state index contributed by atoms with van der Waals surface area (Å²) in [6, 6.07) is 19.4. The van der Waals surface area contributed by atoms with Gasteiger partial charge in [-0.05, 0) is 41.8 Å². The van der Waals surface area contributed by atoms with E-state index in [2.05, 4.69) is 12.1 Å². The number of fused-ring (bicyclic) bond motifs is 1. The lowest BCUT2D eigenvalue weighted by Crippen LogP contribution is -2.32. The number of rotatable bonds is 6. The summed E-state index contributed by atoms with van der Waals surface area (Å²) in [5.41, 5.74) is 2.18. The number of carbonyl (C=O) groups is 1. The SMILES string of the molecule is O=C(c1ccco1)N(CCc1ccccc1)Cc1ccc2c(c1)OCCO2. The molecule has 4 rings (SSSR count). The van der Waals surface area contributed by atoms with E-state index < -0.39 is 0 Å². The molecule has 5 nitrogen and oxygen atoms in total. The molecule has 0 saturated carbocycles. The highest BCUT2D eigenvalue weighted by Gasteiger charge is 2.20. The van der Waals surface area contributed by atoms with E-state index in [9.17, 15) is 4.79 Å². The quantitative estimate of drug-likeness (QED) is 0.666. The smallest absolute Gasteiger partial charge is 0.289 e. The third kappa shape index (κ3) is 4.14. The molecule has 138 valence electrons. The van der Waals surface area contributed by atoms with Crippen molar-refractivity contribution in [1.82, 2.24) is 4.90 Å². The average molecular weight is 363 g/mol. The number of carbonyl (C=O) groups excluding carboxylic acids is 1. The van der Waals surface area contributed by atoms with Crippen LogP contribution in [0.2, 0.25) is 0 Å². The van der Waals surface area contributed by atoms with Crippen molar-refractivity contribution in [2.24, 2.45) is 0 Å². The second-order valence-electron chi connectivity index (χ2n) is 6.42. The van der Waals surface area contributed by atoms with Crippen molar-refractivity contribution in [3.05, 3.63) is 83.8 Å². The Morgan fingerprint density at radius 3 is 2.48 bits per heavy atom. The van der Waals surface area contributed by atoms with Crippen molar-refractivity contribution < 1.29 is 18.7 Å². The topological polar surface area (TPSA) is 51.9 Å². The molecule has 1 aliphatic heterocycles. The lowest BCUT2D eigenvalue weighted by molar-refractivity contribution is 0.0712. The zero-order valence-corrected chi connectivity index (χ0v) is 15.0. The largest absolute Gasteiger partial charge is 0.486 e. The molecule has 0 saturated heterocycles. The lowest BCUT2D eigenvalue weighted by Gasteiger charge is -2.24. The minimum Gasteiger partial charge on any atom is -0.486 e. The Kier molecular flexibility index (Phi) is 5.10. The number of nitrogens with zero attached hydrogens (tertiary/aromatic N) is 1. The van der Waals surface area contributed by atoms with Crippen LogP contribution in [-0.4, -0.2) is 30.6 Å². The van der Waals surface area contributed by atoms with Crippen molar-refractivity contribution in [3.8, 4) is 11.5 Å². The van der Waals surface area contributed by atoms with Gasteiger partial charge in [-0.2, -0.15) is 0 Å². The molecule has 0 unspecified atom stereocenters. The summed E-state index contributed by atoms with van der Waals surface area (Å²) in [5.74, 6) is 1.71. The van der Waals surface area contributed by atoms with E-state index in [1.165, 1.54) is 11.8 Å². The molecular formula is C22H21NO4. The Bertz CT molecular complexity index is 890. The number of furan rings is 1. The van der Waals surface area contributed by atoms with Crippen molar-refractivity contribution >= 4 is 5.91 Å². The van der Waals surface area contributed by atoms with Crippen molar-refractivity contribution in [2.75, 3.05) is 19.8 Å². The first-order valence-electron chi connectivity index (χ1n) is 9.05. The fraction of sp³-hybridized carbons (Fsp3) is 0.227. The molecule has 1 amide bonds. The van der Waals surface area contributed by atoms with Gasteiger partial charge in [0.1, 0.15) is 13.2 Å². The molecular weight excluding hydrogens is 342 g/mol. The van der Waals surface area contributed by atoms with E-state index in [0.717, 1.165) is 23.5 Å². The van der Waals surface area contributed by atoms with Crippen molar-refractivity contribution in [3.63, 3.8) is 0 Å². The number of ether oxygens (including phenoxy) is 2. The van der Waals surface area contributed by atoms with Crippen LogP contribution in [0.4, 0.5) is 0 Å². The van der Waals surface area contributed by atoms with Crippen LogP contribution < -0.4 is 9.47 Å². The first-order valence-corrected chi connectivity index (χ1v) is 9.05. The van der Waals surface area contributed by atoms with E-state index in [1.54, 1.807) is 17.0 Å². The number of amides is 1. The van der Waals surface area contributed by atoms with Crippen LogP contribution >= 0.6 is 0 Å². The van der Waals surface area contributed by atoms with Crippen LogP contribution in [0.3, 0.4) is 0 Å². The molecule has 27 heavy (non-hydrogen) atoms. The predicted octanol–water partition coefficient (Wildman–Crippen LogP) is 3.94. The Morgan fingerprint density at radius 2 is 1.70 bits per heavy atom. The van der Waals surface area contributed by atoms with Gasteiger partial charge in [-0.15, -0.1) is 0 Å². The monoisotopic (exact) mass is 363 g/mol. The maximum Gasteiger partial charge on any atom is 0.289 e. The average Bonchev–Trinajstić information content (AvgIpc) is 3.26. The minimum atomic E-state index is -0.120. The summed E-state index contributed by atoms with van der Waals surface area (Å²) in [5, 5.41) is 0. The first-order chi connectivity index (χ1) is 13.3. The van der Waals surface area contributed by atoms with E-state index in [-0.39, 0.29) is 5.91 Å². The highest BCUT2D eigenvalue weighted by atomic mass is 16.6. The zero-order chi connectivity index (χ0) is 18.5. The molecule has 0 fully saturated rings. The van der Waals surface area contributed by atoms with Gasteiger partial charge >= 0.3 is 0 Å². The van der Waals surface area contributed by atoms with Gasteiger partial charge < -0.3 is 18.8 Å². The first kappa shape index (κ1) is 17.2. The van der Waals surface area contributed by atoms with Crippen LogP contribution in [0, 0.1) is 0 Å². The van der Waals surface area contributed by atoms with Crippen LogP contribution in [0.15, 0.2) is 71.3 Å². The van der Waals surface area contributed by atoms with E-state index in [1.807, 2.05) is 36.4 Å². The molecule has 3 aromatic rings. The van der Waals surface area contributed by atoms with Crippen LogP contribution in [0.1, 0.15) is 21.7 Å². The van der Waals surface area contributed by atoms with Gasteiger partial charge in [0.2, 0.25) is 0 Å². The van der Waals surface area contributed by atoms with Gasteiger partial charge in [0.15, 0.2) is 17.3 Å². The summed E-state index contributed by atoms with van der Waals surface area (Å²) in [6.45, 7) is 2.17. The number of benzene rings is 2. The van der Waals surface area contributed by atoms with Gasteiger partial charge in [-0.3, -0.25) is 4.79 Å². The number of hydrogen-bond acceptors (Lipinski definition) is 4. The summed E-state index contributed by atoms with van der Waals surface area (Å²) in [6.07, 6.45) is 2.30. The highest BCUT2D eigenvalue weighted by Crippen LogP contribution is 2.31. The molecule has 0 bridgehead atoms. The van der Waals surface area contributed by atoms with Crippen molar-refractivity contribution in [2.45, 2.75) is 13.0 Å². The third-order valence-electron chi connectivity index (χ3n) is 4.51. The van der Waals surface area contributed by atoms with Gasteiger partial charge in [-0.1, -0.05) is 36.4 Å². The second-order valence-corrected chi connectivity index (χ2v) is 6.42. The second kappa shape index (κ2) is 7.99. The third-order valence-corrected chi connectivity index (χ3v) is 4.51. The Balaban J connectivity index is 1.52. The molecule has 0 N–H and O–H groups in total. The van der Waals surface area contributed by atoms with Crippen molar-refractivity contribution in [1.29, 1.82) is 0 Å². The number of hydrogen-bond donors (Lipinski definition) is 0. The molecule has 1 aromatic heterocycles. The van der Waals surface area contributed by atoms with Crippen LogP contribution in [0.25, 0.3) is 0 Å². The molecule has 0 radical (unpaired) electrons. The zero-order valence-electron chi connectivity index (χ0n) is 15.0. The highest BCUT2D eigenvalue weighted by molar-refractivity contribution is 5.91. The molecule has 2 aromatic carbocycles. The Labute approximate surface area is 158 Å². The maximum absolute atomic E-state index is 12.9. The summed E-state index contributed by atoms with van der Waals surface area (Å²) >= 11 is 0. The fourth-order valence-electron chi connectivity index (χ4n) is 3.12. The van der Waals surface area contributed by atoms with Gasteiger partial charge in [0, 0.05) is 13.1 Å². The molecule has 0 aliphatic carbocycles. The summed E-state index contributed by atoms with van der Waals surface area (Å²) in [4.78, 5) is 14.7. The van der Waals surface area contributed by atoms with Crippen LogP contribution in [-0.2, 0) is 13.0 Å². The van der Waals surface area contributed by atoms with Gasteiger partial charge in [-0.25, -0.2) is 0 Å². The van der Waals surface area contributed by atoms with Gasteiger partial charge in [0.05, 0.1) is 6.26 Å². The molecule has 0 atom stereocenters. The lowest BCUT2D eigenvalue weighted by atomic mass is 10.1. The molecule has 0 spiro atoms. The van der Waals surface area contributed by atoms with E-state index in [0.29, 0.717) is 32.1 Å². The van der Waals surface area contributed by atoms with Gasteiger partial charge in [0.25, 0.3) is 5.91 Å². The molecule has 2 heterocycles. The Morgan fingerprint density at radius 1 is 0.889 bits per heavy atom. The molecule has 5 heteroatoms. The minimum absolute atomic E-state index is 0.120. The molecule has 1 aliphatic rings.